The second-order valence-electron chi connectivity index (χ2n) is 5.80. The third-order valence-corrected chi connectivity index (χ3v) is 4.40. The van der Waals surface area contributed by atoms with Crippen LogP contribution in [0.3, 0.4) is 0 Å². The summed E-state index contributed by atoms with van der Waals surface area (Å²) < 4.78 is 1.84. The van der Waals surface area contributed by atoms with Gasteiger partial charge in [0.05, 0.1) is 31.4 Å². The number of para-hydroxylation sites is 1. The van der Waals surface area contributed by atoms with E-state index in [9.17, 15) is 4.79 Å². The summed E-state index contributed by atoms with van der Waals surface area (Å²) in [7, 11) is 0. The highest BCUT2D eigenvalue weighted by molar-refractivity contribution is 6.30. The molecule has 24 heavy (non-hydrogen) atoms. The highest BCUT2D eigenvalue weighted by Crippen LogP contribution is 2.27. The average molecular weight is 339 g/mol. The predicted octanol–water partition coefficient (Wildman–Crippen LogP) is 3.07. The number of amides is 1. The van der Waals surface area contributed by atoms with E-state index in [-0.39, 0.29) is 5.91 Å². The molecule has 0 saturated carbocycles. The molecule has 0 fully saturated rings. The molecule has 3 aromatic rings. The number of halogens is 1. The number of fused-ring (bicyclic) bond motifs is 2. The van der Waals surface area contributed by atoms with Gasteiger partial charge in [-0.25, -0.2) is 4.68 Å². The quantitative estimate of drug-likeness (QED) is 0.721. The van der Waals surface area contributed by atoms with Crippen LogP contribution in [-0.2, 0) is 24.3 Å². The Morgan fingerprint density at radius 2 is 2.00 bits per heavy atom. The summed E-state index contributed by atoms with van der Waals surface area (Å²) in [6.45, 7) is 1.08. The number of anilines is 1. The fourth-order valence-corrected chi connectivity index (χ4v) is 3.20. The molecule has 0 aliphatic carbocycles. The number of benzene rings is 2. The Hall–Kier alpha value is -2.66. The number of hydrogen-bond donors (Lipinski definition) is 0. The summed E-state index contributed by atoms with van der Waals surface area (Å²) >= 11 is 6.03. The monoisotopic (exact) mass is 338 g/mol. The molecule has 1 amide bonds. The van der Waals surface area contributed by atoms with Gasteiger partial charge in [0.25, 0.3) is 0 Å². The molecule has 0 saturated heterocycles. The third-order valence-electron chi connectivity index (χ3n) is 4.17. The maximum atomic E-state index is 13.0. The van der Waals surface area contributed by atoms with E-state index in [1.165, 1.54) is 0 Å². The molecule has 0 bridgehead atoms. The number of hydrogen-bond acceptors (Lipinski definition) is 3. The van der Waals surface area contributed by atoms with Crippen molar-refractivity contribution in [3.05, 3.63) is 76.6 Å². The van der Waals surface area contributed by atoms with Gasteiger partial charge in [-0.1, -0.05) is 47.1 Å². The molecule has 0 spiro atoms. The fraction of sp³-hybridized carbons (Fsp3) is 0.167. The van der Waals surface area contributed by atoms with Gasteiger partial charge >= 0.3 is 0 Å². The van der Waals surface area contributed by atoms with E-state index in [0.29, 0.717) is 24.5 Å². The number of rotatable bonds is 2. The largest absolute Gasteiger partial charge is 0.306 e. The lowest BCUT2D eigenvalue weighted by molar-refractivity contribution is -0.118. The summed E-state index contributed by atoms with van der Waals surface area (Å²) in [5.74, 6) is 0.0272. The Morgan fingerprint density at radius 1 is 1.12 bits per heavy atom. The molecule has 1 aliphatic rings. The van der Waals surface area contributed by atoms with E-state index >= 15 is 0 Å². The molecule has 4 rings (SSSR count). The Labute approximate surface area is 144 Å². The number of carbonyl (C=O) groups is 1. The summed E-state index contributed by atoms with van der Waals surface area (Å²) in [4.78, 5) is 14.8. The Bertz CT molecular complexity index is 905. The maximum Gasteiger partial charge on any atom is 0.231 e. The molecular formula is C18H15ClN4O. The van der Waals surface area contributed by atoms with Crippen molar-refractivity contribution in [1.29, 1.82) is 0 Å². The van der Waals surface area contributed by atoms with Crippen molar-refractivity contribution in [2.45, 2.75) is 19.5 Å². The molecule has 1 aliphatic heterocycles. The molecule has 5 nitrogen and oxygen atoms in total. The van der Waals surface area contributed by atoms with Crippen molar-refractivity contribution in [2.75, 3.05) is 4.90 Å². The van der Waals surface area contributed by atoms with Crippen molar-refractivity contribution in [2.24, 2.45) is 0 Å². The molecule has 120 valence electrons. The SMILES string of the molecule is O=C(Cc1cccc(Cl)c1)N1Cc2cnnn2Cc2ccccc21. The lowest BCUT2D eigenvalue weighted by atomic mass is 10.1. The lowest BCUT2D eigenvalue weighted by Gasteiger charge is -2.22. The molecule has 0 N–H and O–H groups in total. The molecule has 0 atom stereocenters. The van der Waals surface area contributed by atoms with Crippen LogP contribution in [0.25, 0.3) is 0 Å². The van der Waals surface area contributed by atoms with Crippen LogP contribution < -0.4 is 4.90 Å². The smallest absolute Gasteiger partial charge is 0.231 e. The lowest BCUT2D eigenvalue weighted by Crippen LogP contribution is -2.32. The molecule has 2 aromatic carbocycles. The van der Waals surface area contributed by atoms with Crippen molar-refractivity contribution in [1.82, 2.24) is 15.0 Å². The number of nitrogens with zero attached hydrogens (tertiary/aromatic N) is 4. The summed E-state index contributed by atoms with van der Waals surface area (Å²) in [6.07, 6.45) is 2.02. The van der Waals surface area contributed by atoms with Crippen molar-refractivity contribution >= 4 is 23.2 Å². The van der Waals surface area contributed by atoms with Gasteiger partial charge in [-0.15, -0.1) is 5.10 Å². The first-order valence-electron chi connectivity index (χ1n) is 7.71. The van der Waals surface area contributed by atoms with E-state index in [1.54, 1.807) is 17.2 Å². The predicted molar refractivity (Wildman–Crippen MR) is 91.9 cm³/mol. The van der Waals surface area contributed by atoms with Crippen LogP contribution in [0.5, 0.6) is 0 Å². The van der Waals surface area contributed by atoms with Crippen molar-refractivity contribution in [3.63, 3.8) is 0 Å². The van der Waals surface area contributed by atoms with E-state index in [4.69, 9.17) is 11.6 Å². The Morgan fingerprint density at radius 3 is 2.88 bits per heavy atom. The standard InChI is InChI=1S/C18H15ClN4O/c19-15-6-3-4-13(8-15)9-18(24)22-12-16-10-20-21-23(16)11-14-5-1-2-7-17(14)22/h1-8,10H,9,11-12H2. The van der Waals surface area contributed by atoms with E-state index in [0.717, 1.165) is 22.5 Å². The van der Waals surface area contributed by atoms with Gasteiger partial charge in [0.15, 0.2) is 0 Å². The van der Waals surface area contributed by atoms with Crippen LogP contribution in [0.2, 0.25) is 5.02 Å². The molecule has 0 radical (unpaired) electrons. The summed E-state index contributed by atoms with van der Waals surface area (Å²) in [6, 6.07) is 15.3. The molecule has 0 unspecified atom stereocenters. The first-order valence-corrected chi connectivity index (χ1v) is 8.08. The van der Waals surface area contributed by atoms with Gasteiger partial charge in [0.2, 0.25) is 5.91 Å². The van der Waals surface area contributed by atoms with Gasteiger partial charge in [-0.3, -0.25) is 4.79 Å². The minimum absolute atomic E-state index is 0.0272. The zero-order valence-corrected chi connectivity index (χ0v) is 13.6. The van der Waals surface area contributed by atoms with Gasteiger partial charge in [-0.05, 0) is 29.3 Å². The topological polar surface area (TPSA) is 51.0 Å². The zero-order valence-electron chi connectivity index (χ0n) is 12.9. The van der Waals surface area contributed by atoms with E-state index in [1.807, 2.05) is 47.1 Å². The fourth-order valence-electron chi connectivity index (χ4n) is 2.99. The van der Waals surface area contributed by atoms with E-state index < -0.39 is 0 Å². The highest BCUT2D eigenvalue weighted by Gasteiger charge is 2.24. The number of carbonyl (C=O) groups excluding carboxylic acids is 1. The highest BCUT2D eigenvalue weighted by atomic mass is 35.5. The molecule has 1 aromatic heterocycles. The minimum atomic E-state index is 0.0272. The van der Waals surface area contributed by atoms with Crippen LogP contribution in [0.1, 0.15) is 16.8 Å². The van der Waals surface area contributed by atoms with Crippen LogP contribution in [-0.4, -0.2) is 20.9 Å². The number of aromatic nitrogens is 3. The summed E-state index contributed by atoms with van der Waals surface area (Å²) in [5.41, 5.74) is 3.81. The maximum absolute atomic E-state index is 13.0. The first kappa shape index (κ1) is 14.9. The van der Waals surface area contributed by atoms with Gasteiger partial charge in [0.1, 0.15) is 0 Å². The summed E-state index contributed by atoms with van der Waals surface area (Å²) in [5, 5.41) is 8.72. The Balaban J connectivity index is 1.69. The van der Waals surface area contributed by atoms with Crippen LogP contribution >= 0.6 is 11.6 Å². The normalized spacial score (nSPS) is 13.1. The first-order chi connectivity index (χ1) is 11.7. The van der Waals surface area contributed by atoms with Gasteiger partial charge in [-0.2, -0.15) is 0 Å². The minimum Gasteiger partial charge on any atom is -0.306 e. The third kappa shape index (κ3) is 2.78. The van der Waals surface area contributed by atoms with E-state index in [2.05, 4.69) is 10.3 Å². The average Bonchev–Trinajstić information content (AvgIpc) is 2.94. The van der Waals surface area contributed by atoms with Crippen molar-refractivity contribution < 1.29 is 4.79 Å². The molecule has 6 heteroatoms. The Kier molecular flexibility index (Phi) is 3.78. The van der Waals surface area contributed by atoms with Gasteiger partial charge in [0, 0.05) is 10.7 Å². The van der Waals surface area contributed by atoms with Crippen molar-refractivity contribution in [3.8, 4) is 0 Å². The molecule has 2 heterocycles. The zero-order chi connectivity index (χ0) is 16.5. The van der Waals surface area contributed by atoms with Crippen LogP contribution in [0, 0.1) is 0 Å². The second kappa shape index (κ2) is 6.09. The molecular weight excluding hydrogens is 324 g/mol. The van der Waals surface area contributed by atoms with Crippen LogP contribution in [0.4, 0.5) is 5.69 Å². The second-order valence-corrected chi connectivity index (χ2v) is 6.23. The van der Waals surface area contributed by atoms with Crippen LogP contribution in [0.15, 0.2) is 54.7 Å². The van der Waals surface area contributed by atoms with Gasteiger partial charge < -0.3 is 4.90 Å².